The Kier molecular flexibility index (Phi) is 6.55. The van der Waals surface area contributed by atoms with Crippen LogP contribution in [0.3, 0.4) is 0 Å². The van der Waals surface area contributed by atoms with Crippen LogP contribution in [0.5, 0.6) is 0 Å². The highest BCUT2D eigenvalue weighted by molar-refractivity contribution is 7.91. The van der Waals surface area contributed by atoms with Crippen LogP contribution in [0, 0.1) is 11.6 Å². The van der Waals surface area contributed by atoms with E-state index in [0.717, 1.165) is 23.6 Å². The van der Waals surface area contributed by atoms with E-state index in [9.17, 15) is 27.1 Å². The second kappa shape index (κ2) is 9.84. The van der Waals surface area contributed by atoms with Gasteiger partial charge in [-0.05, 0) is 58.8 Å². The Balaban J connectivity index is 1.58. The van der Waals surface area contributed by atoms with Crippen molar-refractivity contribution in [2.24, 2.45) is 5.73 Å². The van der Waals surface area contributed by atoms with Gasteiger partial charge in [0.25, 0.3) is 0 Å². The van der Waals surface area contributed by atoms with E-state index in [2.05, 4.69) is 9.71 Å². The molecule has 0 aliphatic heterocycles. The summed E-state index contributed by atoms with van der Waals surface area (Å²) in [7, 11) is -4.20. The molecule has 38 heavy (non-hydrogen) atoms. The summed E-state index contributed by atoms with van der Waals surface area (Å²) in [5, 5.41) is 11.9. The molecule has 0 amide bonds. The minimum atomic E-state index is -4.20. The summed E-state index contributed by atoms with van der Waals surface area (Å²) < 4.78 is 57.9. The molecular weight excluding hydrogens is 514 g/mol. The molecule has 0 aliphatic rings. The highest BCUT2D eigenvalue weighted by Gasteiger charge is 2.21. The number of benzene rings is 3. The van der Waals surface area contributed by atoms with Crippen LogP contribution in [0.25, 0.3) is 21.8 Å². The van der Waals surface area contributed by atoms with Crippen LogP contribution in [0.4, 0.5) is 14.5 Å². The Labute approximate surface area is 216 Å². The number of sulfonamides is 1. The maximum absolute atomic E-state index is 14.1. The average molecular weight is 537 g/mol. The summed E-state index contributed by atoms with van der Waals surface area (Å²) in [5.41, 5.74) is 6.97. The van der Waals surface area contributed by atoms with Crippen LogP contribution in [0.15, 0.2) is 72.8 Å². The van der Waals surface area contributed by atoms with Gasteiger partial charge in [-0.15, -0.1) is 0 Å². The van der Waals surface area contributed by atoms with Crippen molar-refractivity contribution in [1.29, 1.82) is 0 Å². The molecule has 11 heteroatoms. The number of carboxylic acids is 1. The Hall–Kier alpha value is -4.35. The lowest BCUT2D eigenvalue weighted by atomic mass is 10.0. The number of anilines is 1. The lowest BCUT2D eigenvalue weighted by Crippen LogP contribution is -2.17. The van der Waals surface area contributed by atoms with E-state index < -0.39 is 38.9 Å². The Morgan fingerprint density at radius 2 is 1.71 bits per heavy atom. The first-order valence-corrected chi connectivity index (χ1v) is 13.2. The molecule has 0 radical (unpaired) electrons. The van der Waals surface area contributed by atoms with Crippen molar-refractivity contribution >= 4 is 43.5 Å². The fourth-order valence-corrected chi connectivity index (χ4v) is 5.65. The molecule has 2 heterocycles. The highest BCUT2D eigenvalue weighted by Crippen LogP contribution is 2.29. The van der Waals surface area contributed by atoms with Gasteiger partial charge in [-0.2, -0.15) is 0 Å². The lowest BCUT2D eigenvalue weighted by Gasteiger charge is -2.15. The molecule has 2 aromatic heterocycles. The predicted octanol–water partition coefficient (Wildman–Crippen LogP) is 4.61. The average Bonchev–Trinajstić information content (AvgIpc) is 3.24. The summed E-state index contributed by atoms with van der Waals surface area (Å²) in [6.45, 7) is 0.233. The van der Waals surface area contributed by atoms with Crippen LogP contribution in [-0.2, 0) is 28.9 Å². The monoisotopic (exact) mass is 536 g/mol. The number of pyridine rings is 1. The molecular formula is C27H22F2N4O4S. The number of nitrogens with one attached hydrogen (secondary N) is 1. The van der Waals surface area contributed by atoms with Crippen LogP contribution < -0.4 is 10.5 Å². The maximum Gasteiger partial charge on any atom is 0.352 e. The van der Waals surface area contributed by atoms with E-state index >= 15 is 0 Å². The molecule has 0 saturated heterocycles. The van der Waals surface area contributed by atoms with Gasteiger partial charge in [-0.3, -0.25) is 4.72 Å². The zero-order valence-electron chi connectivity index (χ0n) is 19.9. The SMILES string of the molecule is NCc1ccc2cc(C(=O)O)n(Cc3cc(NS(=O)(=O)Cc4c(F)cccc4F)cc4ccccc34)c2n1. The number of carboxylic acid groups (broad SMARTS) is 1. The molecule has 0 spiro atoms. The van der Waals surface area contributed by atoms with Crippen molar-refractivity contribution in [3.63, 3.8) is 0 Å². The molecule has 0 saturated carbocycles. The van der Waals surface area contributed by atoms with Crippen LogP contribution in [0.1, 0.15) is 27.3 Å². The summed E-state index contributed by atoms with van der Waals surface area (Å²) in [4.78, 5) is 16.6. The molecule has 0 fully saturated rings. The zero-order valence-corrected chi connectivity index (χ0v) is 20.7. The molecule has 8 nitrogen and oxygen atoms in total. The van der Waals surface area contributed by atoms with Crippen molar-refractivity contribution in [2.45, 2.75) is 18.8 Å². The van der Waals surface area contributed by atoms with Crippen molar-refractivity contribution in [3.8, 4) is 0 Å². The van der Waals surface area contributed by atoms with Gasteiger partial charge in [0.1, 0.15) is 28.7 Å². The van der Waals surface area contributed by atoms with E-state index in [1.807, 2.05) is 12.1 Å². The third-order valence-corrected chi connectivity index (χ3v) is 7.39. The van der Waals surface area contributed by atoms with Gasteiger partial charge >= 0.3 is 5.97 Å². The minimum absolute atomic E-state index is 0.00626. The molecule has 0 unspecified atom stereocenters. The fourth-order valence-electron chi connectivity index (χ4n) is 4.44. The molecule has 5 aromatic rings. The van der Waals surface area contributed by atoms with Crippen LogP contribution in [-0.4, -0.2) is 29.0 Å². The topological polar surface area (TPSA) is 127 Å². The molecule has 5 rings (SSSR count). The van der Waals surface area contributed by atoms with E-state index in [1.54, 1.807) is 36.4 Å². The minimum Gasteiger partial charge on any atom is -0.477 e. The first kappa shape index (κ1) is 25.3. The summed E-state index contributed by atoms with van der Waals surface area (Å²) in [6, 6.07) is 18.5. The highest BCUT2D eigenvalue weighted by atomic mass is 32.2. The number of fused-ring (bicyclic) bond motifs is 2. The van der Waals surface area contributed by atoms with E-state index in [1.165, 1.54) is 10.6 Å². The Morgan fingerprint density at radius 1 is 0.974 bits per heavy atom. The molecule has 4 N–H and O–H groups in total. The van der Waals surface area contributed by atoms with Gasteiger partial charge < -0.3 is 15.4 Å². The molecule has 0 aliphatic carbocycles. The van der Waals surface area contributed by atoms with Gasteiger partial charge in [0.05, 0.1) is 12.2 Å². The van der Waals surface area contributed by atoms with Crippen molar-refractivity contribution in [2.75, 3.05) is 4.72 Å². The van der Waals surface area contributed by atoms with E-state index in [0.29, 0.717) is 27.7 Å². The number of carbonyl (C=O) groups is 1. The summed E-state index contributed by atoms with van der Waals surface area (Å²) >= 11 is 0. The molecule has 194 valence electrons. The second-order valence-electron chi connectivity index (χ2n) is 8.76. The first-order chi connectivity index (χ1) is 18.1. The smallest absolute Gasteiger partial charge is 0.352 e. The van der Waals surface area contributed by atoms with E-state index in [4.69, 9.17) is 5.73 Å². The number of halogens is 2. The van der Waals surface area contributed by atoms with Crippen molar-refractivity contribution in [3.05, 3.63) is 107 Å². The number of aromatic carboxylic acids is 1. The van der Waals surface area contributed by atoms with E-state index in [-0.39, 0.29) is 24.5 Å². The van der Waals surface area contributed by atoms with Gasteiger partial charge in [-0.1, -0.05) is 30.3 Å². The first-order valence-electron chi connectivity index (χ1n) is 11.5. The lowest BCUT2D eigenvalue weighted by molar-refractivity contribution is 0.0686. The second-order valence-corrected chi connectivity index (χ2v) is 10.5. The molecule has 0 bridgehead atoms. The fraction of sp³-hybridized carbons (Fsp3) is 0.111. The third-order valence-electron chi connectivity index (χ3n) is 6.18. The quantitative estimate of drug-likeness (QED) is 0.266. The van der Waals surface area contributed by atoms with Crippen molar-refractivity contribution < 1.29 is 27.1 Å². The molecule has 3 aromatic carbocycles. The maximum atomic E-state index is 14.1. The number of aromatic nitrogens is 2. The number of hydrogen-bond acceptors (Lipinski definition) is 5. The normalized spacial score (nSPS) is 11.8. The van der Waals surface area contributed by atoms with Crippen LogP contribution in [0.2, 0.25) is 0 Å². The van der Waals surface area contributed by atoms with Gasteiger partial charge in [0, 0.05) is 23.2 Å². The third kappa shape index (κ3) is 4.93. The predicted molar refractivity (Wildman–Crippen MR) is 140 cm³/mol. The largest absolute Gasteiger partial charge is 0.477 e. The number of hydrogen-bond donors (Lipinski definition) is 3. The summed E-state index contributed by atoms with van der Waals surface area (Å²) in [6.07, 6.45) is 0. The van der Waals surface area contributed by atoms with Gasteiger partial charge in [-0.25, -0.2) is 27.0 Å². The summed E-state index contributed by atoms with van der Waals surface area (Å²) in [5.74, 6) is -3.96. The Morgan fingerprint density at radius 3 is 2.42 bits per heavy atom. The zero-order chi connectivity index (χ0) is 27.0. The van der Waals surface area contributed by atoms with Gasteiger partial charge in [0.2, 0.25) is 10.0 Å². The van der Waals surface area contributed by atoms with Crippen LogP contribution >= 0.6 is 0 Å². The van der Waals surface area contributed by atoms with Crippen molar-refractivity contribution in [1.82, 2.24) is 9.55 Å². The van der Waals surface area contributed by atoms with Gasteiger partial charge in [0.15, 0.2) is 0 Å². The number of nitrogens with two attached hydrogens (primary N) is 1. The Bertz CT molecular complexity index is 1800. The standard InChI is InChI=1S/C27H22F2N4O4S/c28-23-6-3-7-24(29)22(23)15-38(36,37)32-20-10-16-4-1-2-5-21(16)18(11-20)14-33-25(27(34)35)12-17-8-9-19(13-30)31-26(17)33/h1-12,32H,13-15,30H2,(H,34,35). The molecule has 0 atom stereocenters. The number of nitrogens with zero attached hydrogens (tertiary/aromatic N) is 2. The number of rotatable bonds is 8.